The lowest BCUT2D eigenvalue weighted by molar-refractivity contribution is 0.616. The van der Waals surface area contributed by atoms with Gasteiger partial charge in [0.05, 0.1) is 6.26 Å². The van der Waals surface area contributed by atoms with Crippen LogP contribution < -0.4 is 0 Å². The van der Waals surface area contributed by atoms with Gasteiger partial charge in [-0.25, -0.2) is 0 Å². The van der Waals surface area contributed by atoms with Gasteiger partial charge in [-0.05, 0) is 42.7 Å². The first kappa shape index (κ1) is 10.4. The molecule has 0 radical (unpaired) electrons. The summed E-state index contributed by atoms with van der Waals surface area (Å²) in [6.45, 7) is 2.02. The smallest absolute Gasteiger partial charge is 0.134 e. The summed E-state index contributed by atoms with van der Waals surface area (Å²) < 4.78 is 6.71. The average Bonchev–Trinajstić information content (AvgIpc) is 2.90. The van der Waals surface area contributed by atoms with Crippen LogP contribution in [0.4, 0.5) is 0 Å². The summed E-state index contributed by atoms with van der Waals surface area (Å²) in [6.07, 6.45) is 10.00. The lowest BCUT2D eigenvalue weighted by Gasteiger charge is -1.88. The normalized spacial score (nSPS) is 12.5. The summed E-state index contributed by atoms with van der Waals surface area (Å²) in [4.78, 5) is 1.27. The van der Waals surface area contributed by atoms with Crippen molar-refractivity contribution < 1.29 is 4.42 Å². The van der Waals surface area contributed by atoms with Gasteiger partial charge in [0, 0.05) is 15.0 Å². The Hall–Kier alpha value is -1.80. The second-order valence-corrected chi connectivity index (χ2v) is 5.00. The van der Waals surface area contributed by atoms with E-state index in [0.29, 0.717) is 0 Å². The quantitative estimate of drug-likeness (QED) is 0.558. The van der Waals surface area contributed by atoms with Crippen LogP contribution in [0, 0.1) is 0 Å². The van der Waals surface area contributed by atoms with Crippen molar-refractivity contribution in [3.8, 4) is 0 Å². The molecule has 0 amide bonds. The topological polar surface area (TPSA) is 13.1 Å². The number of hydrogen-bond donors (Lipinski definition) is 0. The summed E-state index contributed by atoms with van der Waals surface area (Å²) in [7, 11) is 0. The number of fused-ring (bicyclic) bond motifs is 2. The maximum Gasteiger partial charge on any atom is 0.134 e. The van der Waals surface area contributed by atoms with Crippen LogP contribution in [0.3, 0.4) is 0 Å². The number of benzene rings is 1. The molecule has 0 saturated carbocycles. The van der Waals surface area contributed by atoms with E-state index in [1.807, 2.05) is 25.1 Å². The van der Waals surface area contributed by atoms with E-state index in [1.165, 1.54) is 20.3 Å². The maximum atomic E-state index is 5.41. The Kier molecular flexibility index (Phi) is 2.57. The van der Waals surface area contributed by atoms with Crippen LogP contribution in [-0.2, 0) is 0 Å². The van der Waals surface area contributed by atoms with Gasteiger partial charge in [0.15, 0.2) is 0 Å². The first-order valence-corrected chi connectivity index (χ1v) is 6.38. The van der Waals surface area contributed by atoms with Gasteiger partial charge >= 0.3 is 0 Å². The minimum absolute atomic E-state index is 0.958. The molecule has 1 aromatic carbocycles. The third-order valence-corrected chi connectivity index (χ3v) is 3.74. The number of thiophene rings is 1. The fraction of sp³-hybridized carbons (Fsp3) is 0.0667. The van der Waals surface area contributed by atoms with E-state index < -0.39 is 0 Å². The second kappa shape index (κ2) is 4.22. The van der Waals surface area contributed by atoms with Gasteiger partial charge in [-0.3, -0.25) is 0 Å². The molecule has 0 aliphatic carbocycles. The summed E-state index contributed by atoms with van der Waals surface area (Å²) in [6, 6.07) is 8.49. The molecule has 0 aliphatic rings. The molecule has 2 heterocycles. The van der Waals surface area contributed by atoms with E-state index in [0.717, 1.165) is 5.58 Å². The number of furan rings is 1. The maximum absolute atomic E-state index is 5.41. The fourth-order valence-electron chi connectivity index (χ4n) is 1.86. The van der Waals surface area contributed by atoms with Gasteiger partial charge in [0.25, 0.3) is 0 Å². The van der Waals surface area contributed by atoms with Gasteiger partial charge in [-0.2, -0.15) is 0 Å². The Morgan fingerprint density at radius 3 is 2.94 bits per heavy atom. The van der Waals surface area contributed by atoms with Gasteiger partial charge in [0.2, 0.25) is 0 Å². The lowest BCUT2D eigenvalue weighted by atomic mass is 10.2. The van der Waals surface area contributed by atoms with Gasteiger partial charge in [0.1, 0.15) is 5.58 Å². The second-order valence-electron chi connectivity index (χ2n) is 3.88. The molecule has 0 N–H and O–H groups in total. The zero-order valence-corrected chi connectivity index (χ0v) is 10.3. The highest BCUT2D eigenvalue weighted by atomic mass is 32.1. The zero-order chi connectivity index (χ0) is 11.7. The van der Waals surface area contributed by atoms with Crippen LogP contribution in [0.5, 0.6) is 0 Å². The third kappa shape index (κ3) is 1.92. The molecule has 0 unspecified atom stereocenters. The molecule has 0 bridgehead atoms. The molecule has 2 heteroatoms. The molecule has 17 heavy (non-hydrogen) atoms. The van der Waals surface area contributed by atoms with Crippen LogP contribution in [0.15, 0.2) is 53.2 Å². The fourth-order valence-corrected chi connectivity index (χ4v) is 2.87. The van der Waals surface area contributed by atoms with Crippen molar-refractivity contribution >= 4 is 38.5 Å². The molecule has 84 valence electrons. The molecule has 1 nitrogen and oxygen atoms in total. The highest BCUT2D eigenvalue weighted by Gasteiger charge is 2.03. The van der Waals surface area contributed by atoms with Gasteiger partial charge in [-0.15, -0.1) is 11.3 Å². The van der Waals surface area contributed by atoms with Crippen molar-refractivity contribution in [1.29, 1.82) is 0 Å². The summed E-state index contributed by atoms with van der Waals surface area (Å²) in [5.41, 5.74) is 0.958. The molecular weight excluding hydrogens is 228 g/mol. The van der Waals surface area contributed by atoms with E-state index >= 15 is 0 Å². The molecule has 3 aromatic rings. The summed E-state index contributed by atoms with van der Waals surface area (Å²) in [5.74, 6) is 0. The molecular formula is C15H12OS. The monoisotopic (exact) mass is 240 g/mol. The summed E-state index contributed by atoms with van der Waals surface area (Å²) >= 11 is 1.80. The van der Waals surface area contributed by atoms with Crippen LogP contribution in [0.2, 0.25) is 0 Å². The SMILES string of the molecule is C/C=C/C=C/c1cc2cc3occc3cc2s1. The number of allylic oxidation sites excluding steroid dienone is 3. The molecule has 0 fully saturated rings. The first-order valence-electron chi connectivity index (χ1n) is 5.57. The van der Waals surface area contributed by atoms with E-state index in [9.17, 15) is 0 Å². The van der Waals surface area contributed by atoms with Crippen LogP contribution in [-0.4, -0.2) is 0 Å². The van der Waals surface area contributed by atoms with Crippen LogP contribution in [0.25, 0.3) is 27.1 Å². The summed E-state index contributed by atoms with van der Waals surface area (Å²) in [5, 5.41) is 2.42. The Balaban J connectivity index is 2.11. The van der Waals surface area contributed by atoms with Crippen molar-refractivity contribution in [3.63, 3.8) is 0 Å². The molecule has 3 rings (SSSR count). The number of rotatable bonds is 2. The molecule has 0 aliphatic heterocycles. The minimum Gasteiger partial charge on any atom is -0.464 e. The minimum atomic E-state index is 0.958. The molecule has 2 aromatic heterocycles. The lowest BCUT2D eigenvalue weighted by Crippen LogP contribution is -1.63. The predicted molar refractivity (Wildman–Crippen MR) is 75.4 cm³/mol. The van der Waals surface area contributed by atoms with Gasteiger partial charge < -0.3 is 4.42 Å². The molecule has 0 spiro atoms. The van der Waals surface area contributed by atoms with Crippen molar-refractivity contribution in [2.24, 2.45) is 0 Å². The Morgan fingerprint density at radius 2 is 2.06 bits per heavy atom. The predicted octanol–water partition coefficient (Wildman–Crippen LogP) is 5.24. The standard InChI is InChI=1S/C15H12OS/c1-2-3-4-5-13-8-12-9-14-11(6-7-16-14)10-15(12)17-13/h2-10H,1H3/b3-2+,5-4+. The van der Waals surface area contributed by atoms with Crippen LogP contribution >= 0.6 is 11.3 Å². The highest BCUT2D eigenvalue weighted by molar-refractivity contribution is 7.19. The van der Waals surface area contributed by atoms with Gasteiger partial charge in [-0.1, -0.05) is 18.2 Å². The van der Waals surface area contributed by atoms with Crippen LogP contribution in [0.1, 0.15) is 11.8 Å². The average molecular weight is 240 g/mol. The van der Waals surface area contributed by atoms with Crippen molar-refractivity contribution in [3.05, 3.63) is 53.6 Å². The van der Waals surface area contributed by atoms with Crippen molar-refractivity contribution in [2.75, 3.05) is 0 Å². The Labute approximate surface area is 104 Å². The largest absolute Gasteiger partial charge is 0.464 e. The molecule has 0 saturated heterocycles. The highest BCUT2D eigenvalue weighted by Crippen LogP contribution is 2.31. The first-order chi connectivity index (χ1) is 8.36. The van der Waals surface area contributed by atoms with Crippen molar-refractivity contribution in [2.45, 2.75) is 6.92 Å². The molecule has 0 atom stereocenters. The zero-order valence-electron chi connectivity index (χ0n) is 9.51. The number of hydrogen-bond acceptors (Lipinski definition) is 2. The van der Waals surface area contributed by atoms with E-state index in [2.05, 4.69) is 30.4 Å². The van der Waals surface area contributed by atoms with Crippen molar-refractivity contribution in [1.82, 2.24) is 0 Å². The van der Waals surface area contributed by atoms with E-state index in [1.54, 1.807) is 17.6 Å². The third-order valence-electron chi connectivity index (χ3n) is 2.67. The van der Waals surface area contributed by atoms with E-state index in [4.69, 9.17) is 4.42 Å². The Morgan fingerprint density at radius 1 is 1.12 bits per heavy atom. The van der Waals surface area contributed by atoms with E-state index in [-0.39, 0.29) is 0 Å². The Bertz CT molecular complexity index is 665.